The van der Waals surface area contributed by atoms with Gasteiger partial charge in [-0.1, -0.05) is 68.9 Å². The molecule has 4 rings (SSSR count). The minimum atomic E-state index is -0.487. The molecule has 2 heteroatoms. The van der Waals surface area contributed by atoms with E-state index in [9.17, 15) is 0 Å². The SMILES string of the molecule is [BH3-][P+]1(CCCc2ccccc2)[C@H](C2CCCCC2)C[C@H]1C1CCCCC1. The number of hydrogen-bond donors (Lipinski definition) is 0. The normalized spacial score (nSPS) is 30.0. The van der Waals surface area contributed by atoms with Crippen molar-refractivity contribution in [2.75, 3.05) is 6.16 Å². The molecule has 1 aliphatic heterocycles. The second kappa shape index (κ2) is 8.81. The van der Waals surface area contributed by atoms with Crippen LogP contribution in [0.15, 0.2) is 30.3 Å². The third kappa shape index (κ3) is 4.09. The number of hydrogen-bond acceptors (Lipinski definition) is 0. The maximum atomic E-state index is 2.35. The summed E-state index contributed by atoms with van der Waals surface area (Å²) in [6.45, 7) is 0. The molecular formula is C24H40BP. The van der Waals surface area contributed by atoms with Crippen LogP contribution >= 0.6 is 7.14 Å². The number of benzene rings is 1. The van der Waals surface area contributed by atoms with Gasteiger partial charge < -0.3 is 0 Å². The van der Waals surface area contributed by atoms with E-state index in [0.29, 0.717) is 7.57 Å². The van der Waals surface area contributed by atoms with Gasteiger partial charge in [0, 0.05) is 23.9 Å². The summed E-state index contributed by atoms with van der Waals surface area (Å²) < 4.78 is 0. The topological polar surface area (TPSA) is 0 Å². The summed E-state index contributed by atoms with van der Waals surface area (Å²) >= 11 is 0. The molecule has 1 heterocycles. The molecule has 0 N–H and O–H groups in total. The van der Waals surface area contributed by atoms with Crippen LogP contribution in [0, 0.1) is 11.8 Å². The summed E-state index contributed by atoms with van der Waals surface area (Å²) in [6, 6.07) is 11.3. The highest BCUT2D eigenvalue weighted by Gasteiger charge is 2.57. The molecule has 0 bridgehead atoms. The summed E-state index contributed by atoms with van der Waals surface area (Å²) in [5.74, 6) is 2.34. The molecule has 0 unspecified atom stereocenters. The maximum Gasteiger partial charge on any atom is 0.127 e. The zero-order valence-electron chi connectivity index (χ0n) is 16.0. The third-order valence-corrected chi connectivity index (χ3v) is 11.2. The fourth-order valence-corrected chi connectivity index (χ4v) is 9.99. The molecular weight excluding hydrogens is 330 g/mol. The van der Waals surface area contributed by atoms with Gasteiger partial charge in [-0.05, 0) is 55.9 Å². The van der Waals surface area contributed by atoms with Gasteiger partial charge in [-0.15, -0.1) is 0 Å². The zero-order valence-corrected chi connectivity index (χ0v) is 16.9. The molecule has 2 aliphatic carbocycles. The zero-order chi connectivity index (χ0) is 17.8. The van der Waals surface area contributed by atoms with Gasteiger partial charge in [0.2, 0.25) is 0 Å². The van der Waals surface area contributed by atoms with E-state index in [2.05, 4.69) is 30.3 Å². The van der Waals surface area contributed by atoms with Crippen LogP contribution in [0.4, 0.5) is 0 Å². The second-order valence-electron chi connectivity index (χ2n) is 8.99. The van der Waals surface area contributed by atoms with Crippen molar-refractivity contribution in [3.8, 4) is 0 Å². The fraction of sp³-hybridized carbons (Fsp3) is 0.750. The van der Waals surface area contributed by atoms with E-state index in [1.54, 1.807) is 69.5 Å². The first-order chi connectivity index (χ1) is 12.8. The van der Waals surface area contributed by atoms with Gasteiger partial charge in [0.25, 0.3) is 0 Å². The highest BCUT2D eigenvalue weighted by Crippen LogP contribution is 2.78. The van der Waals surface area contributed by atoms with Gasteiger partial charge in [0.15, 0.2) is 0 Å². The van der Waals surface area contributed by atoms with E-state index in [1.165, 1.54) is 48.8 Å². The molecule has 144 valence electrons. The molecule has 0 amide bonds. The summed E-state index contributed by atoms with van der Waals surface area (Å²) in [6.07, 6.45) is 22.0. The lowest BCUT2D eigenvalue weighted by Crippen LogP contribution is -2.48. The van der Waals surface area contributed by atoms with E-state index in [4.69, 9.17) is 0 Å². The van der Waals surface area contributed by atoms with Crippen molar-refractivity contribution in [3.63, 3.8) is 0 Å². The Morgan fingerprint density at radius 3 is 1.85 bits per heavy atom. The lowest BCUT2D eigenvalue weighted by Gasteiger charge is -2.60. The Labute approximate surface area is 163 Å². The van der Waals surface area contributed by atoms with E-state index in [-0.39, 0.29) is 0 Å². The Hall–Kier alpha value is -0.285. The summed E-state index contributed by atoms with van der Waals surface area (Å²) in [5, 5.41) is 0. The Balaban J connectivity index is 1.41. The summed E-state index contributed by atoms with van der Waals surface area (Å²) in [7, 11) is 0.0488. The first-order valence-electron chi connectivity index (χ1n) is 11.2. The lowest BCUT2D eigenvalue weighted by atomic mass is 9.80. The minimum Gasteiger partial charge on any atom is -0.151 e. The smallest absolute Gasteiger partial charge is 0.127 e. The highest BCUT2D eigenvalue weighted by molar-refractivity contribution is 7.99. The molecule has 1 aromatic carbocycles. The van der Waals surface area contributed by atoms with Crippen molar-refractivity contribution in [2.24, 2.45) is 11.8 Å². The maximum absolute atomic E-state index is 2.35. The minimum absolute atomic E-state index is 0.487. The monoisotopic (exact) mass is 370 g/mol. The molecule has 2 atom stereocenters. The molecule has 3 fully saturated rings. The van der Waals surface area contributed by atoms with Crippen molar-refractivity contribution in [1.82, 2.24) is 0 Å². The molecule has 0 spiro atoms. The van der Waals surface area contributed by atoms with E-state index < -0.39 is 7.14 Å². The first-order valence-corrected chi connectivity index (χ1v) is 12.9. The molecule has 3 aliphatic rings. The van der Waals surface area contributed by atoms with E-state index in [0.717, 1.165) is 0 Å². The quantitative estimate of drug-likeness (QED) is 0.412. The van der Waals surface area contributed by atoms with Gasteiger partial charge in [0.05, 0.1) is 0 Å². The summed E-state index contributed by atoms with van der Waals surface area (Å²) in [5.41, 5.74) is 4.12. The van der Waals surface area contributed by atoms with Crippen LogP contribution in [-0.4, -0.2) is 25.0 Å². The summed E-state index contributed by atoms with van der Waals surface area (Å²) in [4.78, 5) is 0. The predicted octanol–water partition coefficient (Wildman–Crippen LogP) is 6.22. The third-order valence-electron chi connectivity index (χ3n) is 7.45. The molecule has 0 radical (unpaired) electrons. The molecule has 1 saturated heterocycles. The molecule has 1 aromatic rings. The standard InChI is InChI=1S/C24H40BP/c25-26(18-10-13-20-11-4-1-5-12-20)23(21-14-6-2-7-15-21)19-24(26)22-16-8-3-9-17-22/h1,4-5,11-12,21-24H,2-3,6-10,13-19H2,25H3/t23-,24-/m0/s1. The van der Waals surface area contributed by atoms with Crippen LogP contribution in [0.25, 0.3) is 0 Å². The van der Waals surface area contributed by atoms with Crippen molar-refractivity contribution < 1.29 is 0 Å². The molecule has 0 aromatic heterocycles. The lowest BCUT2D eigenvalue weighted by molar-refractivity contribution is 0.272. The molecule has 2 saturated carbocycles. The van der Waals surface area contributed by atoms with Crippen LogP contribution in [0.2, 0.25) is 0 Å². The van der Waals surface area contributed by atoms with Crippen LogP contribution in [0.5, 0.6) is 0 Å². The second-order valence-corrected chi connectivity index (χ2v) is 11.8. The van der Waals surface area contributed by atoms with Gasteiger partial charge in [0.1, 0.15) is 7.57 Å². The highest BCUT2D eigenvalue weighted by atomic mass is 31.2. The number of aryl methyl sites for hydroxylation is 1. The van der Waals surface area contributed by atoms with Crippen molar-refractivity contribution in [3.05, 3.63) is 35.9 Å². The Kier molecular flexibility index (Phi) is 6.46. The predicted molar refractivity (Wildman–Crippen MR) is 122 cm³/mol. The van der Waals surface area contributed by atoms with E-state index in [1.807, 2.05) is 0 Å². The van der Waals surface area contributed by atoms with Crippen LogP contribution in [0.1, 0.15) is 82.6 Å². The molecule has 26 heavy (non-hydrogen) atoms. The van der Waals surface area contributed by atoms with Crippen LogP contribution in [-0.2, 0) is 6.42 Å². The number of rotatable bonds is 6. The van der Waals surface area contributed by atoms with Gasteiger partial charge in [-0.25, -0.2) is 0 Å². The van der Waals surface area contributed by atoms with Crippen LogP contribution < -0.4 is 0 Å². The van der Waals surface area contributed by atoms with Crippen molar-refractivity contribution in [2.45, 2.75) is 94.8 Å². The van der Waals surface area contributed by atoms with Gasteiger partial charge >= 0.3 is 0 Å². The molecule has 0 nitrogen and oxygen atoms in total. The van der Waals surface area contributed by atoms with Gasteiger partial charge in [-0.2, -0.15) is 7.14 Å². The fourth-order valence-electron chi connectivity index (χ4n) is 6.03. The Morgan fingerprint density at radius 2 is 1.31 bits per heavy atom. The average Bonchev–Trinajstić information content (AvgIpc) is 2.69. The van der Waals surface area contributed by atoms with Gasteiger partial charge in [-0.3, -0.25) is 0 Å². The first kappa shape index (κ1) is 19.0. The van der Waals surface area contributed by atoms with Crippen LogP contribution in [0.3, 0.4) is 0 Å². The largest absolute Gasteiger partial charge is 0.151 e. The van der Waals surface area contributed by atoms with Crippen molar-refractivity contribution in [1.29, 1.82) is 0 Å². The van der Waals surface area contributed by atoms with E-state index >= 15 is 0 Å². The average molecular weight is 370 g/mol. The van der Waals surface area contributed by atoms with Crippen molar-refractivity contribution >= 4 is 14.7 Å². The Bertz CT molecular complexity index is 521. The Morgan fingerprint density at radius 1 is 0.769 bits per heavy atom.